The van der Waals surface area contributed by atoms with Crippen LogP contribution in [0.25, 0.3) is 99.0 Å². The number of benzene rings is 4. The van der Waals surface area contributed by atoms with E-state index in [-0.39, 0.29) is 33.8 Å². The molecule has 0 saturated carbocycles. The van der Waals surface area contributed by atoms with E-state index in [9.17, 15) is 122 Å². The first-order valence-corrected chi connectivity index (χ1v) is 59.7. The molecule has 141 heavy (non-hydrogen) atoms. The molecule has 4 aromatic carbocycles. The average Bonchev–Trinajstić information content (AvgIpc) is 1.13. The molecule has 0 spiro atoms. The number of alkyl halides is 4. The molecule has 58 heteroatoms. The molecular formula is C83H92F4N16O27P10S. The maximum atomic E-state index is 14.9. The Balaban J connectivity index is 0.000000175. The number of anilines is 2. The van der Waals surface area contributed by atoms with Crippen LogP contribution in [0, 0.1) is 25.2 Å². The van der Waals surface area contributed by atoms with Gasteiger partial charge in [-0.15, -0.1) is 11.3 Å². The number of aromatic nitrogens is 13. The molecule has 11 heterocycles. The van der Waals surface area contributed by atoms with Gasteiger partial charge in [-0.25, -0.2) is 27.5 Å². The quantitative estimate of drug-likeness (QED) is 0.0160. The van der Waals surface area contributed by atoms with Crippen LogP contribution in [0.15, 0.2) is 230 Å². The standard InChI is InChI=1S/3C15H16FN3O5P2.C13H17FN2O6P2.C13H15N2O3P.C12H12N3O3PS/c1-25(20,21)15(16,26(22,23)24)7-13-4-2-11(8-17-13)10-3-5-14-12(6-10)9-18-19-14;1-25(20,21)15(16,26(22,23)24)6-10-4-12(8-17-7-10)11-2-3-14-13(5-11)9-18-19-14;1-25(20,21)15(16,26(22,23)24)6-10-4-13(8-17-7-10)11-2-3-12-9-18-19-14(12)5-11;1-8-12(9(2)22-16-8)11-4-10(6-15-7-11)5-13(14,23(3,17)18)24(19,20)21;1-10(19(16,17)18)14-13-9-5-8-12(15-13)11-6-3-2-4-7-11;1-8(19(16,17)18)14-12-9(7-13)4-5-10(15-12)11-3-2-6-20-11/h2-6,8-9H,7H2,1H3,(H,18,19)(H,20,21)(H2,22,23,24);2*2-5,7-9H,6H2,1H3,(H,18,19)(H,20,21)(H2,22,23,24);4,6-7H,5H2,1-3H3,(H,17,18)(H2,19,20,21);2-10H,1H3,(H,14,15)(H2,16,17,18);2-6,8H,1H3,(H,14,15)(H2,16,17,18). The van der Waals surface area contributed by atoms with Gasteiger partial charge in [0.2, 0.25) is 29.5 Å². The molecule has 0 bridgehead atoms. The number of pyridine rings is 6. The summed E-state index contributed by atoms with van der Waals surface area (Å²) in [6, 6.07) is 47.6. The average molecular weight is 2160 g/mol. The van der Waals surface area contributed by atoms with Crippen LogP contribution in [0.3, 0.4) is 0 Å². The van der Waals surface area contributed by atoms with Gasteiger partial charge in [-0.1, -0.05) is 78.0 Å². The monoisotopic (exact) mass is 2160 g/mol. The lowest BCUT2D eigenvalue weighted by Gasteiger charge is -2.28. The summed E-state index contributed by atoms with van der Waals surface area (Å²) >= 11 is 1.50. The van der Waals surface area contributed by atoms with Crippen LogP contribution in [-0.2, 0) is 71.3 Å². The van der Waals surface area contributed by atoms with Crippen LogP contribution in [-0.4, -0.2) is 203 Å². The fourth-order valence-corrected chi connectivity index (χ4v) is 25.7. The fraction of sp³-hybridized carbons (Fsp3) is 0.217. The first kappa shape index (κ1) is 113. The number of hydrogen-bond donors (Lipinski definition) is 21. The number of halogens is 4. The van der Waals surface area contributed by atoms with Crippen molar-refractivity contribution < 1.29 is 146 Å². The van der Waals surface area contributed by atoms with E-state index in [1.54, 1.807) is 87.0 Å². The lowest BCUT2D eigenvalue weighted by molar-refractivity contribution is 0.249. The van der Waals surface area contributed by atoms with Crippen LogP contribution < -0.4 is 10.6 Å². The highest BCUT2D eigenvalue weighted by Gasteiger charge is 2.62. The van der Waals surface area contributed by atoms with Crippen molar-refractivity contribution in [1.29, 1.82) is 5.26 Å². The second-order valence-corrected chi connectivity index (χ2v) is 55.4. The van der Waals surface area contributed by atoms with E-state index < -0.39 is 133 Å². The highest BCUT2D eigenvalue weighted by molar-refractivity contribution is 7.76. The van der Waals surface area contributed by atoms with Gasteiger partial charge in [0.05, 0.1) is 62.7 Å². The molecule has 43 nitrogen and oxygen atoms in total. The molecule has 0 radical (unpaired) electrons. The van der Waals surface area contributed by atoms with Gasteiger partial charge < -0.3 is 93.5 Å². The van der Waals surface area contributed by atoms with Crippen molar-refractivity contribution in [2.75, 3.05) is 37.3 Å². The molecule has 0 aliphatic rings. The van der Waals surface area contributed by atoms with Gasteiger partial charge in [0.15, 0.2) is 0 Å². The van der Waals surface area contributed by atoms with Crippen LogP contribution in [0.5, 0.6) is 0 Å². The zero-order chi connectivity index (χ0) is 104. The van der Waals surface area contributed by atoms with Gasteiger partial charge in [-0.3, -0.25) is 80.9 Å². The van der Waals surface area contributed by atoms with Crippen LogP contribution in [0.2, 0.25) is 0 Å². The molecule has 0 fully saturated rings. The van der Waals surface area contributed by atoms with E-state index in [4.69, 9.17) is 29.4 Å². The fourth-order valence-electron chi connectivity index (χ4n) is 13.2. The Morgan fingerprint density at radius 2 is 0.844 bits per heavy atom. The zero-order valence-corrected chi connectivity index (χ0v) is 84.6. The number of thiophene rings is 1. The number of aryl methyl sites for hydroxylation is 2. The maximum absolute atomic E-state index is 14.9. The summed E-state index contributed by atoms with van der Waals surface area (Å²) in [5, 5.41) is 28.6. The first-order valence-electron chi connectivity index (χ1n) is 40.6. The topological polar surface area (TPSA) is 732 Å². The van der Waals surface area contributed by atoms with Crippen molar-refractivity contribution >= 4 is 131 Å². The summed E-state index contributed by atoms with van der Waals surface area (Å²) in [5.41, 5.74) is 11.1. The number of hydrogen-bond acceptors (Lipinski definition) is 25. The second-order valence-electron chi connectivity index (χ2n) is 32.0. The minimum Gasteiger partial charge on any atom is -0.361 e. The third-order valence-corrected chi connectivity index (χ3v) is 41.9. The number of nitrogens with zero attached hydrogens (tertiary/aromatic N) is 11. The van der Waals surface area contributed by atoms with Crippen molar-refractivity contribution in [2.45, 2.75) is 85.5 Å². The third-order valence-electron chi connectivity index (χ3n) is 21.2. The van der Waals surface area contributed by atoms with E-state index in [0.717, 1.165) is 65.5 Å². The maximum Gasteiger partial charge on any atom is 0.372 e. The summed E-state index contributed by atoms with van der Waals surface area (Å²) in [6.07, 6.45) is 10.6. The largest absolute Gasteiger partial charge is 0.372 e. The molecule has 0 aliphatic heterocycles. The molecular weight excluding hydrogens is 2070 g/mol. The summed E-state index contributed by atoms with van der Waals surface area (Å²) in [7, 11) is -49.5. The normalized spacial score (nSPS) is 15.9. The summed E-state index contributed by atoms with van der Waals surface area (Å²) in [4.78, 5) is 174. The molecule has 10 unspecified atom stereocenters. The predicted molar refractivity (Wildman–Crippen MR) is 521 cm³/mol. The highest BCUT2D eigenvalue weighted by Crippen LogP contribution is 2.74. The Morgan fingerprint density at radius 1 is 0.411 bits per heavy atom. The Kier molecular flexibility index (Phi) is 35.5. The van der Waals surface area contributed by atoms with Crippen LogP contribution in [0.1, 0.15) is 53.2 Å². The second kappa shape index (κ2) is 44.4. The number of rotatable bonds is 28. The summed E-state index contributed by atoms with van der Waals surface area (Å²) < 4.78 is 180. The van der Waals surface area contributed by atoms with Crippen molar-refractivity contribution in [1.82, 2.24) is 65.7 Å². The minimum atomic E-state index is -5.51. The van der Waals surface area contributed by atoms with Gasteiger partial charge in [0.25, 0.3) is 20.6 Å². The predicted octanol–water partition coefficient (Wildman–Crippen LogP) is 16.5. The molecule has 0 saturated heterocycles. The van der Waals surface area contributed by atoms with E-state index in [2.05, 4.69) is 76.3 Å². The van der Waals surface area contributed by atoms with Gasteiger partial charge in [0.1, 0.15) is 35.0 Å². The van der Waals surface area contributed by atoms with Crippen molar-refractivity contribution in [3.63, 3.8) is 0 Å². The summed E-state index contributed by atoms with van der Waals surface area (Å²) in [5.74, 6) is -0.964. The lowest BCUT2D eigenvalue weighted by Crippen LogP contribution is -2.26. The molecule has 21 N–H and O–H groups in total. The molecule has 11 aromatic heterocycles. The van der Waals surface area contributed by atoms with Crippen LogP contribution in [0.4, 0.5) is 29.2 Å². The Morgan fingerprint density at radius 3 is 1.28 bits per heavy atom. The van der Waals surface area contributed by atoms with Crippen molar-refractivity contribution in [2.24, 2.45) is 0 Å². The highest BCUT2D eigenvalue weighted by atomic mass is 32.1. The molecule has 15 rings (SSSR count). The zero-order valence-electron chi connectivity index (χ0n) is 74.8. The third kappa shape index (κ3) is 27.8. The van der Waals surface area contributed by atoms with E-state index in [1.165, 1.54) is 92.8 Å². The smallest absolute Gasteiger partial charge is 0.361 e. The SMILES string of the molecule is CC(Nc1cccc(-c2ccccc2)n1)P(=O)(O)O.CC(Nc1nc(-c2cccs2)ccc1C#N)P(=O)(O)O.CP(=O)(O)C(F)(Cc1ccc(-c2ccc3[nH]ncc3c2)cn1)P(=O)(O)O.CP(=O)(O)C(F)(Cc1cncc(-c2ccc3[nH]ncc3c2)c1)P(=O)(O)O.CP(=O)(O)C(F)(Cc1cncc(-c2ccc3cn[nH]c3c2)c1)P(=O)(O)O.Cc1noc(C)c1-c1cncc(CC(F)(P(C)(=O)O)P(=O)(O)O)c1. The molecule has 0 amide bonds. The molecule has 15 aromatic rings. The van der Waals surface area contributed by atoms with Gasteiger partial charge in [-0.05, 0) is 151 Å². The Labute approximate surface area is 802 Å². The van der Waals surface area contributed by atoms with Gasteiger partial charge in [-0.2, -0.15) is 20.6 Å². The number of H-pyrrole nitrogens is 3. The van der Waals surface area contributed by atoms with Crippen LogP contribution >= 0.6 is 86.4 Å². The number of fused-ring (bicyclic) bond motifs is 3. The molecule has 0 aliphatic carbocycles. The molecule has 10 atom stereocenters. The minimum absolute atomic E-state index is 0.0416. The van der Waals surface area contributed by atoms with E-state index >= 15 is 0 Å². The Bertz CT molecular complexity index is 7290. The Hall–Kier alpha value is -10.4. The lowest BCUT2D eigenvalue weighted by atomic mass is 10.0. The van der Waals surface area contributed by atoms with Crippen molar-refractivity contribution in [3.8, 4) is 72.4 Å². The van der Waals surface area contributed by atoms with Crippen molar-refractivity contribution in [3.05, 3.63) is 264 Å². The molecule has 750 valence electrons. The van der Waals surface area contributed by atoms with E-state index in [0.29, 0.717) is 77.4 Å². The number of aromatic amines is 3. The summed E-state index contributed by atoms with van der Waals surface area (Å²) in [6.45, 7) is 8.50. The first-order chi connectivity index (χ1) is 65.3. The number of nitriles is 1. The van der Waals surface area contributed by atoms with Gasteiger partial charge >= 0.3 is 45.6 Å². The van der Waals surface area contributed by atoms with Gasteiger partial charge in [0, 0.05) is 151 Å². The van der Waals surface area contributed by atoms with E-state index in [1.807, 2.05) is 90.3 Å². The number of nitrogens with one attached hydrogen (secondary N) is 5.